The fraction of sp³-hybridized carbons (Fsp3) is 0.375. The number of benzene rings is 1. The van der Waals surface area contributed by atoms with E-state index in [0.29, 0.717) is 0 Å². The van der Waals surface area contributed by atoms with Crippen LogP contribution in [0, 0.1) is 17.8 Å². The van der Waals surface area contributed by atoms with Crippen LogP contribution in [0.2, 0.25) is 0 Å². The summed E-state index contributed by atoms with van der Waals surface area (Å²) in [4.78, 5) is 8.56. The smallest absolute Gasteiger partial charge is 0.137 e. The molecule has 2 aliphatic rings. The van der Waals surface area contributed by atoms with E-state index in [2.05, 4.69) is 27.4 Å². The average molecular weight is 251 g/mol. The molecule has 0 radical (unpaired) electrons. The molecular weight excluding hydrogens is 234 g/mol. The summed E-state index contributed by atoms with van der Waals surface area (Å²) < 4.78 is 0. The lowest BCUT2D eigenvalue weighted by molar-refractivity contribution is 0.468. The summed E-state index contributed by atoms with van der Waals surface area (Å²) in [5.41, 5.74) is 2.26. The van der Waals surface area contributed by atoms with E-state index in [1.807, 2.05) is 24.4 Å². The van der Waals surface area contributed by atoms with Crippen molar-refractivity contribution in [3.8, 4) is 11.1 Å². The molecule has 1 N–H and O–H groups in total. The molecule has 96 valence electrons. The minimum Gasteiger partial charge on any atom is -0.369 e. The van der Waals surface area contributed by atoms with Crippen LogP contribution in [0.15, 0.2) is 42.9 Å². The molecule has 2 aromatic rings. The first-order chi connectivity index (χ1) is 9.43. The highest BCUT2D eigenvalue weighted by molar-refractivity contribution is 5.74. The van der Waals surface area contributed by atoms with Gasteiger partial charge in [-0.3, -0.25) is 0 Å². The van der Waals surface area contributed by atoms with Crippen molar-refractivity contribution in [2.75, 3.05) is 11.9 Å². The normalized spacial score (nSPS) is 27.3. The molecule has 3 nitrogen and oxygen atoms in total. The molecule has 2 aliphatic carbocycles. The Balaban J connectivity index is 1.54. The van der Waals surface area contributed by atoms with Crippen LogP contribution in [0.25, 0.3) is 11.1 Å². The van der Waals surface area contributed by atoms with Gasteiger partial charge < -0.3 is 5.32 Å². The Bertz CT molecular complexity index is 572. The summed E-state index contributed by atoms with van der Waals surface area (Å²) in [5, 5.41) is 3.52. The number of nitrogens with zero attached hydrogens (tertiary/aromatic N) is 2. The highest BCUT2D eigenvalue weighted by Crippen LogP contribution is 2.61. The van der Waals surface area contributed by atoms with Crippen LogP contribution in [0.5, 0.6) is 0 Å². The Labute approximate surface area is 113 Å². The summed E-state index contributed by atoms with van der Waals surface area (Å²) in [6.45, 7) is 1.06. The van der Waals surface area contributed by atoms with Crippen molar-refractivity contribution >= 4 is 5.82 Å². The monoisotopic (exact) mass is 251 g/mol. The van der Waals surface area contributed by atoms with Crippen LogP contribution in [-0.4, -0.2) is 16.5 Å². The van der Waals surface area contributed by atoms with Gasteiger partial charge in [-0.2, -0.15) is 0 Å². The second kappa shape index (κ2) is 4.34. The Morgan fingerprint density at radius 2 is 1.89 bits per heavy atom. The van der Waals surface area contributed by atoms with Gasteiger partial charge in [0.2, 0.25) is 0 Å². The fourth-order valence-electron chi connectivity index (χ4n) is 3.32. The summed E-state index contributed by atoms with van der Waals surface area (Å²) in [6, 6.07) is 10.3. The van der Waals surface area contributed by atoms with Crippen molar-refractivity contribution in [3.05, 3.63) is 42.9 Å². The number of hydrogen-bond acceptors (Lipinski definition) is 3. The Morgan fingerprint density at radius 3 is 2.63 bits per heavy atom. The molecule has 2 atom stereocenters. The number of fused-ring (bicyclic) bond motifs is 1. The number of aromatic nitrogens is 2. The topological polar surface area (TPSA) is 37.8 Å². The van der Waals surface area contributed by atoms with Crippen molar-refractivity contribution < 1.29 is 0 Å². The molecule has 0 spiro atoms. The lowest BCUT2D eigenvalue weighted by Crippen LogP contribution is -2.07. The first-order valence-corrected chi connectivity index (χ1v) is 7.03. The zero-order chi connectivity index (χ0) is 12.7. The van der Waals surface area contributed by atoms with Crippen molar-refractivity contribution in [2.45, 2.75) is 12.8 Å². The number of nitrogens with one attached hydrogen (secondary N) is 1. The minimum atomic E-state index is 0.888. The van der Waals surface area contributed by atoms with Gasteiger partial charge in [-0.15, -0.1) is 0 Å². The summed E-state index contributed by atoms with van der Waals surface area (Å²) >= 11 is 0. The van der Waals surface area contributed by atoms with Gasteiger partial charge in [-0.25, -0.2) is 9.97 Å². The van der Waals surface area contributed by atoms with Gasteiger partial charge in [-0.1, -0.05) is 30.3 Å². The van der Waals surface area contributed by atoms with E-state index >= 15 is 0 Å². The number of hydrogen-bond donors (Lipinski definition) is 1. The largest absolute Gasteiger partial charge is 0.369 e. The highest BCUT2D eigenvalue weighted by atomic mass is 15.0. The zero-order valence-electron chi connectivity index (χ0n) is 10.8. The third-order valence-corrected chi connectivity index (χ3v) is 4.64. The van der Waals surface area contributed by atoms with E-state index in [-0.39, 0.29) is 0 Å². The van der Waals surface area contributed by atoms with Crippen molar-refractivity contribution in [3.63, 3.8) is 0 Å². The maximum absolute atomic E-state index is 4.40. The lowest BCUT2D eigenvalue weighted by atomic mass is 10.0. The lowest BCUT2D eigenvalue weighted by Gasteiger charge is -2.10. The standard InChI is InChI=1S/C16H17N3/c1-2-4-11(5-3-1)14-8-17-10-19-16(14)18-9-15-12-6-7-13(12)15/h1-5,8,10,12-13,15H,6-7,9H2,(H,17,18,19). The van der Waals surface area contributed by atoms with Gasteiger partial charge in [0.15, 0.2) is 0 Å². The van der Waals surface area contributed by atoms with Gasteiger partial charge in [0, 0.05) is 18.3 Å². The zero-order valence-corrected chi connectivity index (χ0v) is 10.8. The Kier molecular flexibility index (Phi) is 2.50. The van der Waals surface area contributed by atoms with Gasteiger partial charge in [0.05, 0.1) is 0 Å². The average Bonchev–Trinajstić information content (AvgIpc) is 2.97. The first-order valence-electron chi connectivity index (χ1n) is 7.03. The van der Waals surface area contributed by atoms with Crippen LogP contribution in [0.3, 0.4) is 0 Å². The molecule has 1 heterocycles. The van der Waals surface area contributed by atoms with E-state index in [4.69, 9.17) is 0 Å². The van der Waals surface area contributed by atoms with Crippen LogP contribution in [0.4, 0.5) is 5.82 Å². The van der Waals surface area contributed by atoms with Gasteiger partial charge in [0.1, 0.15) is 12.1 Å². The second-order valence-electron chi connectivity index (χ2n) is 5.60. The third-order valence-electron chi connectivity index (χ3n) is 4.64. The quantitative estimate of drug-likeness (QED) is 0.906. The molecule has 0 amide bonds. The van der Waals surface area contributed by atoms with Gasteiger partial charge in [0.25, 0.3) is 0 Å². The maximum atomic E-state index is 4.40. The van der Waals surface area contributed by atoms with E-state index in [1.165, 1.54) is 18.4 Å². The predicted molar refractivity (Wildman–Crippen MR) is 75.7 cm³/mol. The molecule has 0 aliphatic heterocycles. The summed E-state index contributed by atoms with van der Waals surface area (Å²) in [5.74, 6) is 3.87. The van der Waals surface area contributed by atoms with E-state index in [9.17, 15) is 0 Å². The maximum Gasteiger partial charge on any atom is 0.137 e. The SMILES string of the molecule is c1ccc(-c2cncnc2NCC2C3CCC32)cc1. The van der Waals surface area contributed by atoms with Crippen LogP contribution < -0.4 is 5.32 Å². The predicted octanol–water partition coefficient (Wildman–Crippen LogP) is 3.21. The van der Waals surface area contributed by atoms with Gasteiger partial charge in [-0.05, 0) is 36.2 Å². The molecule has 2 unspecified atom stereocenters. The third kappa shape index (κ3) is 1.89. The molecule has 4 rings (SSSR count). The summed E-state index contributed by atoms with van der Waals surface area (Å²) in [6.07, 6.45) is 6.39. The Morgan fingerprint density at radius 1 is 1.11 bits per heavy atom. The number of anilines is 1. The van der Waals surface area contributed by atoms with Crippen molar-refractivity contribution in [2.24, 2.45) is 17.8 Å². The first kappa shape index (κ1) is 11.0. The highest BCUT2D eigenvalue weighted by Gasteiger charge is 2.55. The molecule has 3 heteroatoms. The van der Waals surface area contributed by atoms with Crippen LogP contribution in [-0.2, 0) is 0 Å². The second-order valence-corrected chi connectivity index (χ2v) is 5.60. The fourth-order valence-corrected chi connectivity index (χ4v) is 3.32. The Hall–Kier alpha value is -1.90. The molecule has 1 aromatic heterocycles. The van der Waals surface area contributed by atoms with Crippen LogP contribution in [0.1, 0.15) is 12.8 Å². The van der Waals surface area contributed by atoms with Gasteiger partial charge >= 0.3 is 0 Å². The van der Waals surface area contributed by atoms with Crippen molar-refractivity contribution in [1.29, 1.82) is 0 Å². The molecule has 2 saturated carbocycles. The summed E-state index contributed by atoms with van der Waals surface area (Å²) in [7, 11) is 0. The molecule has 2 fully saturated rings. The molecule has 1 aromatic carbocycles. The molecule has 19 heavy (non-hydrogen) atoms. The van der Waals surface area contributed by atoms with E-state index < -0.39 is 0 Å². The van der Waals surface area contributed by atoms with E-state index in [0.717, 1.165) is 35.7 Å². The minimum absolute atomic E-state index is 0.888. The van der Waals surface area contributed by atoms with Crippen molar-refractivity contribution in [1.82, 2.24) is 9.97 Å². The molecular formula is C16H17N3. The number of rotatable bonds is 4. The van der Waals surface area contributed by atoms with Crippen LogP contribution >= 0.6 is 0 Å². The molecule has 0 bridgehead atoms. The molecule has 0 saturated heterocycles. The van der Waals surface area contributed by atoms with E-state index in [1.54, 1.807) is 6.33 Å².